The Morgan fingerprint density at radius 3 is 2.53 bits per heavy atom. The van der Waals surface area contributed by atoms with Crippen molar-refractivity contribution in [3.8, 4) is 16.9 Å². The molecule has 5 aromatic rings. The lowest BCUT2D eigenvalue weighted by molar-refractivity contribution is -0.274. The molecule has 4 N–H and O–H groups in total. The number of aliphatic hydroxyl groups excluding tert-OH is 1. The van der Waals surface area contributed by atoms with Gasteiger partial charge in [0.25, 0.3) is 5.91 Å². The smallest absolute Gasteiger partial charge is 0.405 e. The van der Waals surface area contributed by atoms with Crippen molar-refractivity contribution in [2.24, 2.45) is 0 Å². The van der Waals surface area contributed by atoms with Crippen LogP contribution < -0.4 is 15.4 Å². The summed E-state index contributed by atoms with van der Waals surface area (Å²) >= 11 is 0. The van der Waals surface area contributed by atoms with Crippen LogP contribution >= 0.6 is 0 Å². The molecule has 2 aliphatic carbocycles. The van der Waals surface area contributed by atoms with E-state index in [-0.39, 0.29) is 29.8 Å². The molecule has 0 saturated heterocycles. The van der Waals surface area contributed by atoms with Crippen LogP contribution in [-0.4, -0.2) is 49.3 Å². The summed E-state index contributed by atoms with van der Waals surface area (Å²) in [5.74, 6) is 0.567. The fourth-order valence-corrected chi connectivity index (χ4v) is 6.65. The van der Waals surface area contributed by atoms with Crippen LogP contribution in [0.2, 0.25) is 0 Å². The number of carbonyl (C=O) groups excluding carboxylic acids is 1. The van der Waals surface area contributed by atoms with Gasteiger partial charge in [0.2, 0.25) is 5.95 Å². The van der Waals surface area contributed by atoms with E-state index in [4.69, 9.17) is 4.98 Å². The highest BCUT2D eigenvalue weighted by molar-refractivity contribution is 5.99. The second-order valence-electron chi connectivity index (χ2n) is 11.9. The number of aliphatic hydroxyl groups is 1. The zero-order chi connectivity index (χ0) is 31.1. The number of amides is 1. The van der Waals surface area contributed by atoms with Crippen LogP contribution in [0.3, 0.4) is 0 Å². The molecule has 0 atom stereocenters. The number of aromatic amines is 1. The van der Waals surface area contributed by atoms with E-state index in [9.17, 15) is 23.1 Å². The van der Waals surface area contributed by atoms with Crippen molar-refractivity contribution in [1.82, 2.24) is 25.1 Å². The maximum absolute atomic E-state index is 13.1. The minimum atomic E-state index is -4.83. The molecule has 12 heteroatoms. The monoisotopic (exact) mass is 618 g/mol. The number of anilines is 2. The van der Waals surface area contributed by atoms with Gasteiger partial charge in [-0.3, -0.25) is 9.89 Å². The molecular formula is C33H33F3N6O3. The molecule has 0 radical (unpaired) electrons. The number of carbonyl (C=O) groups is 1. The molecule has 9 nitrogen and oxygen atoms in total. The van der Waals surface area contributed by atoms with Crippen molar-refractivity contribution in [2.75, 3.05) is 5.32 Å². The molecule has 1 amide bonds. The van der Waals surface area contributed by atoms with Gasteiger partial charge in [0, 0.05) is 28.6 Å². The van der Waals surface area contributed by atoms with Gasteiger partial charge in [-0.15, -0.1) is 13.2 Å². The third-order valence-corrected chi connectivity index (χ3v) is 8.89. The van der Waals surface area contributed by atoms with E-state index in [0.717, 1.165) is 44.0 Å². The number of nitrogens with one attached hydrogen (secondary N) is 3. The Kier molecular flexibility index (Phi) is 7.60. The third kappa shape index (κ3) is 6.06. The van der Waals surface area contributed by atoms with Gasteiger partial charge in [0.05, 0.1) is 22.7 Å². The van der Waals surface area contributed by atoms with Crippen molar-refractivity contribution in [3.63, 3.8) is 0 Å². The number of imidazole rings is 1. The van der Waals surface area contributed by atoms with Gasteiger partial charge in [-0.05, 0) is 80.5 Å². The van der Waals surface area contributed by atoms with Crippen molar-refractivity contribution >= 4 is 39.6 Å². The summed E-state index contributed by atoms with van der Waals surface area (Å²) in [5.41, 5.74) is 3.56. The average Bonchev–Trinajstić information content (AvgIpc) is 3.76. The maximum Gasteiger partial charge on any atom is 0.573 e. The fraction of sp³-hybridized carbons (Fsp3) is 0.364. The standard InChI is InChI=1S/C33H33F3N6O3/c34-33(35,36)45-29-8-4-3-7-24(29)19-9-15-26-25(17-19)30(41-40-26)39-32-38-27-18-20(31(44)37-21-5-1-2-6-21)10-16-28(27)42(32)22-11-13-23(43)14-12-22/h3-4,7-10,15-18,21-23,43H,1-2,5-6,11-14H2,(H,37,44)(H2,38,39,40,41)/t22-,23-. The van der Waals surface area contributed by atoms with Gasteiger partial charge in [0.1, 0.15) is 5.75 Å². The molecule has 0 unspecified atom stereocenters. The van der Waals surface area contributed by atoms with E-state index in [1.807, 2.05) is 12.1 Å². The molecule has 0 bridgehead atoms. The van der Waals surface area contributed by atoms with E-state index in [0.29, 0.717) is 57.7 Å². The molecule has 2 heterocycles. The Balaban J connectivity index is 1.25. The van der Waals surface area contributed by atoms with E-state index in [2.05, 4.69) is 30.1 Å². The lowest BCUT2D eigenvalue weighted by Crippen LogP contribution is -2.32. The number of halogens is 3. The number of fused-ring (bicyclic) bond motifs is 2. The number of rotatable bonds is 7. The maximum atomic E-state index is 13.1. The number of ether oxygens (including phenoxy) is 1. The SMILES string of the molecule is O=C(NC1CCCC1)c1ccc2c(c1)nc(Nc1n[nH]c3ccc(-c4ccccc4OC(F)(F)F)cc13)n2[C@H]1CC[C@H](O)CC1. The number of nitrogens with zero attached hydrogens (tertiary/aromatic N) is 3. The highest BCUT2D eigenvalue weighted by Crippen LogP contribution is 2.38. The Hall–Kier alpha value is -4.58. The average molecular weight is 619 g/mol. The first-order valence-corrected chi connectivity index (χ1v) is 15.3. The van der Waals surface area contributed by atoms with Gasteiger partial charge < -0.3 is 25.0 Å². The van der Waals surface area contributed by atoms with Crippen LogP contribution in [0.15, 0.2) is 60.7 Å². The van der Waals surface area contributed by atoms with Crippen LogP contribution in [0.1, 0.15) is 67.8 Å². The molecule has 45 heavy (non-hydrogen) atoms. The van der Waals surface area contributed by atoms with Gasteiger partial charge >= 0.3 is 6.36 Å². The van der Waals surface area contributed by atoms with Crippen LogP contribution in [0, 0.1) is 0 Å². The molecule has 2 fully saturated rings. The number of benzene rings is 3. The van der Waals surface area contributed by atoms with Crippen molar-refractivity contribution in [2.45, 2.75) is 75.9 Å². The zero-order valence-corrected chi connectivity index (χ0v) is 24.4. The highest BCUT2D eigenvalue weighted by Gasteiger charge is 2.32. The van der Waals surface area contributed by atoms with Crippen molar-refractivity contribution < 1.29 is 27.8 Å². The zero-order valence-electron chi connectivity index (χ0n) is 24.4. The predicted molar refractivity (Wildman–Crippen MR) is 164 cm³/mol. The van der Waals surface area contributed by atoms with Gasteiger partial charge in [-0.2, -0.15) is 5.10 Å². The number of aromatic nitrogens is 4. The van der Waals surface area contributed by atoms with E-state index in [1.165, 1.54) is 12.1 Å². The molecular weight excluding hydrogens is 585 g/mol. The number of hydrogen-bond donors (Lipinski definition) is 4. The first kappa shape index (κ1) is 29.1. The minimum absolute atomic E-state index is 0.0613. The summed E-state index contributed by atoms with van der Waals surface area (Å²) in [6.07, 6.45) is 1.91. The first-order chi connectivity index (χ1) is 21.7. The highest BCUT2D eigenvalue weighted by atomic mass is 19.4. The quantitative estimate of drug-likeness (QED) is 0.151. The molecule has 0 aliphatic heterocycles. The fourth-order valence-electron chi connectivity index (χ4n) is 6.65. The molecule has 2 saturated carbocycles. The van der Waals surface area contributed by atoms with Gasteiger partial charge in [0.15, 0.2) is 5.82 Å². The van der Waals surface area contributed by atoms with Crippen LogP contribution in [-0.2, 0) is 0 Å². The predicted octanol–water partition coefficient (Wildman–Crippen LogP) is 7.37. The molecule has 3 aromatic carbocycles. The molecule has 0 spiro atoms. The summed E-state index contributed by atoms with van der Waals surface area (Å²) in [5, 5.41) is 24.8. The van der Waals surface area contributed by atoms with Crippen LogP contribution in [0.4, 0.5) is 24.9 Å². The third-order valence-electron chi connectivity index (χ3n) is 8.89. The topological polar surface area (TPSA) is 117 Å². The number of para-hydroxylation sites is 1. The Labute approximate surface area is 256 Å². The Morgan fingerprint density at radius 1 is 0.978 bits per heavy atom. The summed E-state index contributed by atoms with van der Waals surface area (Å²) < 4.78 is 45.7. The largest absolute Gasteiger partial charge is 0.573 e. The number of alkyl halides is 3. The Bertz CT molecular complexity index is 1850. The second kappa shape index (κ2) is 11.7. The van der Waals surface area contributed by atoms with E-state index in [1.54, 1.807) is 36.4 Å². The van der Waals surface area contributed by atoms with Gasteiger partial charge in [-0.1, -0.05) is 37.1 Å². The normalized spacial score (nSPS) is 19.3. The number of H-pyrrole nitrogens is 1. The molecule has 234 valence electrons. The minimum Gasteiger partial charge on any atom is -0.405 e. The lowest BCUT2D eigenvalue weighted by Gasteiger charge is -2.28. The van der Waals surface area contributed by atoms with Crippen LogP contribution in [0.5, 0.6) is 5.75 Å². The molecule has 7 rings (SSSR count). The second-order valence-corrected chi connectivity index (χ2v) is 11.9. The molecule has 2 aliphatic rings. The Morgan fingerprint density at radius 2 is 1.76 bits per heavy atom. The van der Waals surface area contributed by atoms with Crippen molar-refractivity contribution in [1.29, 1.82) is 0 Å². The number of hydrogen-bond acceptors (Lipinski definition) is 6. The lowest BCUT2D eigenvalue weighted by atomic mass is 9.93. The van der Waals surface area contributed by atoms with Gasteiger partial charge in [-0.25, -0.2) is 4.98 Å². The summed E-state index contributed by atoms with van der Waals surface area (Å²) in [6.45, 7) is 0. The van der Waals surface area contributed by atoms with E-state index < -0.39 is 6.36 Å². The molecule has 2 aromatic heterocycles. The van der Waals surface area contributed by atoms with Crippen molar-refractivity contribution in [3.05, 3.63) is 66.2 Å². The first-order valence-electron chi connectivity index (χ1n) is 15.3. The summed E-state index contributed by atoms with van der Waals surface area (Å²) in [6, 6.07) is 17.0. The summed E-state index contributed by atoms with van der Waals surface area (Å²) in [4.78, 5) is 18.0. The van der Waals surface area contributed by atoms with E-state index >= 15 is 0 Å². The van der Waals surface area contributed by atoms with Crippen LogP contribution in [0.25, 0.3) is 33.1 Å². The summed E-state index contributed by atoms with van der Waals surface area (Å²) in [7, 11) is 0.